The molecular weight excluding hydrogens is 276 g/mol. The van der Waals surface area contributed by atoms with E-state index in [0.717, 1.165) is 5.56 Å². The van der Waals surface area contributed by atoms with Gasteiger partial charge in [-0.1, -0.05) is 29.8 Å². The van der Waals surface area contributed by atoms with Crippen LogP contribution in [0.15, 0.2) is 42.5 Å². The van der Waals surface area contributed by atoms with Crippen LogP contribution in [0.3, 0.4) is 0 Å². The Morgan fingerprint density at radius 1 is 1.14 bits per heavy atom. The molecule has 0 bridgehead atoms. The molecule has 0 radical (unpaired) electrons. The number of methoxy groups -OCH3 is 1. The molecule has 4 nitrogen and oxygen atoms in total. The van der Waals surface area contributed by atoms with E-state index in [4.69, 9.17) is 4.74 Å². The number of amides is 2. The molecule has 2 aromatic carbocycles. The molecule has 0 aromatic heterocycles. The average Bonchev–Trinajstić information content (AvgIpc) is 2.49. The van der Waals surface area contributed by atoms with Crippen molar-refractivity contribution in [1.82, 2.24) is 5.32 Å². The van der Waals surface area contributed by atoms with Crippen LogP contribution >= 0.6 is 0 Å². The quantitative estimate of drug-likeness (QED) is 0.889. The molecule has 0 aliphatic heterocycles. The second-order valence-corrected chi connectivity index (χ2v) is 5.41. The molecule has 0 heterocycles. The van der Waals surface area contributed by atoms with Gasteiger partial charge < -0.3 is 15.4 Å². The van der Waals surface area contributed by atoms with Gasteiger partial charge in [0.15, 0.2) is 0 Å². The van der Waals surface area contributed by atoms with Gasteiger partial charge >= 0.3 is 6.03 Å². The molecule has 0 unspecified atom stereocenters. The summed E-state index contributed by atoms with van der Waals surface area (Å²) < 4.78 is 5.14. The lowest BCUT2D eigenvalue weighted by Gasteiger charge is -2.18. The highest BCUT2D eigenvalue weighted by molar-refractivity contribution is 5.89. The van der Waals surface area contributed by atoms with Gasteiger partial charge in [-0.2, -0.15) is 0 Å². The Kier molecular flexibility index (Phi) is 5.04. The maximum Gasteiger partial charge on any atom is 0.319 e. The Labute approximate surface area is 131 Å². The van der Waals surface area contributed by atoms with Crippen molar-refractivity contribution in [3.63, 3.8) is 0 Å². The van der Waals surface area contributed by atoms with Crippen LogP contribution in [0.2, 0.25) is 0 Å². The number of aryl methyl sites for hydroxylation is 2. The SMILES string of the molecule is COc1cccc(NC(=O)N[C@@H](C)c2cc(C)ccc2C)c1. The number of nitrogens with one attached hydrogen (secondary N) is 2. The number of anilines is 1. The highest BCUT2D eigenvalue weighted by Gasteiger charge is 2.12. The molecule has 2 N–H and O–H groups in total. The number of carbonyl (C=O) groups is 1. The van der Waals surface area contributed by atoms with Crippen LogP contribution in [0, 0.1) is 13.8 Å². The van der Waals surface area contributed by atoms with Crippen molar-refractivity contribution in [2.24, 2.45) is 0 Å². The molecule has 2 rings (SSSR count). The first-order chi connectivity index (χ1) is 10.5. The van der Waals surface area contributed by atoms with Gasteiger partial charge in [-0.3, -0.25) is 0 Å². The topological polar surface area (TPSA) is 50.4 Å². The molecule has 22 heavy (non-hydrogen) atoms. The standard InChI is InChI=1S/C18H22N2O2/c1-12-8-9-13(2)17(10-12)14(3)19-18(21)20-15-6-5-7-16(11-15)22-4/h5-11,14H,1-4H3,(H2,19,20,21)/t14-/m0/s1. The zero-order valence-electron chi connectivity index (χ0n) is 13.4. The van der Waals surface area contributed by atoms with Gasteiger partial charge in [0.1, 0.15) is 5.75 Å². The van der Waals surface area contributed by atoms with E-state index in [2.05, 4.69) is 28.8 Å². The predicted octanol–water partition coefficient (Wildman–Crippen LogP) is 4.19. The van der Waals surface area contributed by atoms with Gasteiger partial charge in [-0.05, 0) is 44.0 Å². The fourth-order valence-corrected chi connectivity index (χ4v) is 2.37. The number of benzene rings is 2. The summed E-state index contributed by atoms with van der Waals surface area (Å²) in [5.41, 5.74) is 4.17. The van der Waals surface area contributed by atoms with Crippen LogP contribution in [-0.4, -0.2) is 13.1 Å². The zero-order chi connectivity index (χ0) is 16.1. The second kappa shape index (κ2) is 6.98. The van der Waals surface area contributed by atoms with Gasteiger partial charge in [-0.25, -0.2) is 4.79 Å². The summed E-state index contributed by atoms with van der Waals surface area (Å²) in [6.45, 7) is 6.08. The average molecular weight is 298 g/mol. The van der Waals surface area contributed by atoms with E-state index in [1.54, 1.807) is 13.2 Å². The molecule has 0 spiro atoms. The number of carbonyl (C=O) groups excluding carboxylic acids is 1. The van der Waals surface area contributed by atoms with Gasteiger partial charge in [0.25, 0.3) is 0 Å². The predicted molar refractivity (Wildman–Crippen MR) is 89.5 cm³/mol. The first kappa shape index (κ1) is 15.9. The molecular formula is C18H22N2O2. The monoisotopic (exact) mass is 298 g/mol. The number of urea groups is 1. The minimum Gasteiger partial charge on any atom is -0.497 e. The van der Waals surface area contributed by atoms with Crippen molar-refractivity contribution in [2.45, 2.75) is 26.8 Å². The van der Waals surface area contributed by atoms with Crippen molar-refractivity contribution in [1.29, 1.82) is 0 Å². The lowest BCUT2D eigenvalue weighted by molar-refractivity contribution is 0.249. The number of rotatable bonds is 4. The van der Waals surface area contributed by atoms with Crippen molar-refractivity contribution in [3.8, 4) is 5.75 Å². The molecule has 0 aliphatic carbocycles. The maximum absolute atomic E-state index is 12.1. The molecule has 116 valence electrons. The second-order valence-electron chi connectivity index (χ2n) is 5.41. The fraction of sp³-hybridized carbons (Fsp3) is 0.278. The fourth-order valence-electron chi connectivity index (χ4n) is 2.37. The minimum absolute atomic E-state index is 0.0643. The van der Waals surface area contributed by atoms with E-state index in [-0.39, 0.29) is 12.1 Å². The Morgan fingerprint density at radius 3 is 2.64 bits per heavy atom. The first-order valence-corrected chi connectivity index (χ1v) is 7.28. The summed E-state index contributed by atoms with van der Waals surface area (Å²) in [7, 11) is 1.60. The summed E-state index contributed by atoms with van der Waals surface area (Å²) in [6.07, 6.45) is 0. The number of hydrogen-bond acceptors (Lipinski definition) is 2. The van der Waals surface area contributed by atoms with Crippen molar-refractivity contribution in [3.05, 3.63) is 59.2 Å². The summed E-state index contributed by atoms with van der Waals surface area (Å²) >= 11 is 0. The van der Waals surface area contributed by atoms with E-state index in [1.165, 1.54) is 11.1 Å². The van der Waals surface area contributed by atoms with Crippen molar-refractivity contribution in [2.75, 3.05) is 12.4 Å². The normalized spacial score (nSPS) is 11.6. The van der Waals surface area contributed by atoms with Gasteiger partial charge in [-0.15, -0.1) is 0 Å². The van der Waals surface area contributed by atoms with Crippen LogP contribution < -0.4 is 15.4 Å². The smallest absolute Gasteiger partial charge is 0.319 e. The minimum atomic E-state index is -0.235. The summed E-state index contributed by atoms with van der Waals surface area (Å²) in [5, 5.41) is 5.78. The van der Waals surface area contributed by atoms with E-state index in [0.29, 0.717) is 11.4 Å². The Hall–Kier alpha value is -2.49. The van der Waals surface area contributed by atoms with Gasteiger partial charge in [0.05, 0.1) is 13.2 Å². The lowest BCUT2D eigenvalue weighted by Crippen LogP contribution is -2.31. The molecule has 0 aliphatic rings. The maximum atomic E-state index is 12.1. The lowest BCUT2D eigenvalue weighted by atomic mass is 10.0. The Morgan fingerprint density at radius 2 is 1.91 bits per heavy atom. The third-order valence-electron chi connectivity index (χ3n) is 3.58. The van der Waals surface area contributed by atoms with Gasteiger partial charge in [0, 0.05) is 11.8 Å². The van der Waals surface area contributed by atoms with Crippen LogP contribution in [0.1, 0.15) is 29.7 Å². The van der Waals surface area contributed by atoms with E-state index in [1.807, 2.05) is 39.0 Å². The van der Waals surface area contributed by atoms with Crippen LogP contribution in [-0.2, 0) is 0 Å². The van der Waals surface area contributed by atoms with Crippen molar-refractivity contribution >= 4 is 11.7 Å². The zero-order valence-corrected chi connectivity index (χ0v) is 13.4. The molecule has 0 saturated carbocycles. The molecule has 0 fully saturated rings. The highest BCUT2D eigenvalue weighted by Crippen LogP contribution is 2.20. The summed E-state index contributed by atoms with van der Waals surface area (Å²) in [5.74, 6) is 0.709. The van der Waals surface area contributed by atoms with Crippen LogP contribution in [0.5, 0.6) is 5.75 Å². The van der Waals surface area contributed by atoms with Crippen LogP contribution in [0.25, 0.3) is 0 Å². The first-order valence-electron chi connectivity index (χ1n) is 7.28. The van der Waals surface area contributed by atoms with Crippen LogP contribution in [0.4, 0.5) is 10.5 Å². The third kappa shape index (κ3) is 4.01. The third-order valence-corrected chi connectivity index (χ3v) is 3.58. The summed E-state index contributed by atoms with van der Waals surface area (Å²) in [6, 6.07) is 13.2. The highest BCUT2D eigenvalue weighted by atomic mass is 16.5. The number of hydrogen-bond donors (Lipinski definition) is 2. The Balaban J connectivity index is 2.03. The largest absolute Gasteiger partial charge is 0.497 e. The molecule has 2 aromatic rings. The molecule has 1 atom stereocenters. The van der Waals surface area contributed by atoms with Crippen molar-refractivity contribution < 1.29 is 9.53 Å². The molecule has 4 heteroatoms. The van der Waals surface area contributed by atoms with Gasteiger partial charge in [0.2, 0.25) is 0 Å². The number of ether oxygens (including phenoxy) is 1. The van der Waals surface area contributed by atoms with E-state index < -0.39 is 0 Å². The van der Waals surface area contributed by atoms with E-state index in [9.17, 15) is 4.79 Å². The van der Waals surface area contributed by atoms with E-state index >= 15 is 0 Å². The molecule has 0 saturated heterocycles. The molecule has 2 amide bonds. The summed E-state index contributed by atoms with van der Waals surface area (Å²) in [4.78, 5) is 12.1. The Bertz CT molecular complexity index is 668.